The number of nitrogens with one attached hydrogen (secondary N) is 1. The Labute approximate surface area is 256 Å². The normalized spacial score (nSPS) is 19.3. The molecular weight excluding hydrogens is 588 g/mol. The number of nitrogens with zero attached hydrogens (tertiary/aromatic N) is 4. The highest BCUT2D eigenvalue weighted by Crippen LogP contribution is 2.49. The van der Waals surface area contributed by atoms with Crippen LogP contribution in [0.2, 0.25) is 0 Å². The van der Waals surface area contributed by atoms with Gasteiger partial charge in [-0.05, 0) is 74.3 Å². The molecule has 2 amide bonds. The number of ether oxygens (including phenoxy) is 1. The average molecular weight is 620 g/mol. The molecule has 1 aromatic carbocycles. The lowest BCUT2D eigenvalue weighted by molar-refractivity contribution is 0.0517. The first kappa shape index (κ1) is 28.7. The molecule has 2 atom stereocenters. The van der Waals surface area contributed by atoms with E-state index in [1.165, 1.54) is 17.4 Å². The molecule has 0 radical (unpaired) electrons. The zero-order valence-corrected chi connectivity index (χ0v) is 25.0. The number of carbonyl (C=O) groups excluding carboxylic acids is 2. The maximum Gasteiger partial charge on any atom is 0.261 e. The number of amides is 2. The van der Waals surface area contributed by atoms with Crippen molar-refractivity contribution in [3.63, 3.8) is 0 Å². The van der Waals surface area contributed by atoms with Gasteiger partial charge in [0.1, 0.15) is 0 Å². The van der Waals surface area contributed by atoms with Gasteiger partial charge in [0.05, 0.1) is 33.4 Å². The van der Waals surface area contributed by atoms with Gasteiger partial charge in [-0.1, -0.05) is 6.07 Å². The molecule has 12 heteroatoms. The van der Waals surface area contributed by atoms with Crippen LogP contribution in [-0.4, -0.2) is 51.7 Å². The number of aromatic nitrogens is 3. The Morgan fingerprint density at radius 2 is 1.98 bits per heavy atom. The quantitative estimate of drug-likeness (QED) is 0.257. The Balaban J connectivity index is 1.29. The number of pyridine rings is 1. The monoisotopic (exact) mass is 619 g/mol. The highest BCUT2D eigenvalue weighted by molar-refractivity contribution is 7.17. The smallest absolute Gasteiger partial charge is 0.261 e. The molecule has 2 fully saturated rings. The van der Waals surface area contributed by atoms with Crippen molar-refractivity contribution in [3.8, 4) is 21.9 Å². The standard InChI is InChI=1S/C32H31F2N5O4S/c1-17-37-38-31(43-17)26-22(9-7-18-4-3-13-42-16-18)36-29-23-5-2-12-39(23)32(41)28(29)27(26)24-10-11-25(44-24)30(40)35-15-19-6-8-20(33)21(34)14-19/h6,8,10-11,14,18,23H,2-5,7,9,12-13,15-16H2,1H3,(H,35,40)/t18?,23-/m1/s1. The highest BCUT2D eigenvalue weighted by Gasteiger charge is 2.45. The summed E-state index contributed by atoms with van der Waals surface area (Å²) in [6.45, 7) is 3.93. The maximum absolute atomic E-state index is 13.9. The summed E-state index contributed by atoms with van der Waals surface area (Å²) in [5.41, 5.74) is 3.83. The molecule has 2 saturated heterocycles. The van der Waals surface area contributed by atoms with E-state index < -0.39 is 11.6 Å². The SMILES string of the molecule is Cc1nnc(-c2c(CCC3CCCOC3)nc3c(c2-c2ccc(C(=O)NCc4ccc(F)c(F)c4)s2)C(=O)N2CCC[C@H]32)o1. The van der Waals surface area contributed by atoms with E-state index in [1.807, 2.05) is 11.0 Å². The number of thiophene rings is 1. The summed E-state index contributed by atoms with van der Waals surface area (Å²) in [5, 5.41) is 11.2. The van der Waals surface area contributed by atoms with Crippen LogP contribution in [0, 0.1) is 24.5 Å². The van der Waals surface area contributed by atoms with Crippen LogP contribution in [0.5, 0.6) is 0 Å². The van der Waals surface area contributed by atoms with E-state index in [-0.39, 0.29) is 24.4 Å². The zero-order valence-electron chi connectivity index (χ0n) is 24.2. The maximum atomic E-state index is 13.9. The summed E-state index contributed by atoms with van der Waals surface area (Å²) in [4.78, 5) is 35.2. The molecule has 4 aromatic rings. The highest BCUT2D eigenvalue weighted by atomic mass is 32.1. The summed E-state index contributed by atoms with van der Waals surface area (Å²) in [7, 11) is 0. The third-order valence-corrected chi connectivity index (χ3v) is 9.74. The molecule has 3 aliphatic heterocycles. The number of benzene rings is 1. The van der Waals surface area contributed by atoms with E-state index in [2.05, 4.69) is 15.5 Å². The van der Waals surface area contributed by atoms with Crippen molar-refractivity contribution in [1.82, 2.24) is 25.4 Å². The fraction of sp³-hybridized carbons (Fsp3) is 0.406. The molecule has 7 rings (SSSR count). The van der Waals surface area contributed by atoms with Gasteiger partial charge in [0.15, 0.2) is 11.6 Å². The number of aryl methyl sites for hydroxylation is 2. The lowest BCUT2D eigenvalue weighted by Crippen LogP contribution is -2.23. The van der Waals surface area contributed by atoms with Gasteiger partial charge in [-0.3, -0.25) is 14.6 Å². The molecule has 44 heavy (non-hydrogen) atoms. The van der Waals surface area contributed by atoms with Crippen LogP contribution in [0.25, 0.3) is 21.9 Å². The van der Waals surface area contributed by atoms with Gasteiger partial charge in [0.2, 0.25) is 11.8 Å². The second kappa shape index (κ2) is 11.8. The van der Waals surface area contributed by atoms with Crippen molar-refractivity contribution in [1.29, 1.82) is 0 Å². The lowest BCUT2D eigenvalue weighted by Gasteiger charge is -2.22. The fourth-order valence-electron chi connectivity index (χ4n) is 6.49. The minimum Gasteiger partial charge on any atom is -0.421 e. The van der Waals surface area contributed by atoms with E-state index in [0.717, 1.165) is 68.8 Å². The third-order valence-electron chi connectivity index (χ3n) is 8.64. The molecule has 1 N–H and O–H groups in total. The Morgan fingerprint density at radius 3 is 2.75 bits per heavy atom. The number of carbonyl (C=O) groups is 2. The molecule has 3 aromatic heterocycles. The minimum absolute atomic E-state index is 0.0323. The molecule has 0 saturated carbocycles. The second-order valence-electron chi connectivity index (χ2n) is 11.6. The van der Waals surface area contributed by atoms with E-state index in [1.54, 1.807) is 13.0 Å². The van der Waals surface area contributed by atoms with Crippen molar-refractivity contribution in [2.24, 2.45) is 5.92 Å². The van der Waals surface area contributed by atoms with Gasteiger partial charge in [0, 0.05) is 43.7 Å². The van der Waals surface area contributed by atoms with E-state index in [0.29, 0.717) is 62.7 Å². The Bertz CT molecular complexity index is 1750. The Morgan fingerprint density at radius 1 is 1.09 bits per heavy atom. The van der Waals surface area contributed by atoms with Crippen LogP contribution < -0.4 is 5.32 Å². The van der Waals surface area contributed by atoms with Crippen LogP contribution in [-0.2, 0) is 17.7 Å². The van der Waals surface area contributed by atoms with Crippen molar-refractivity contribution < 1.29 is 27.5 Å². The predicted molar refractivity (Wildman–Crippen MR) is 158 cm³/mol. The largest absolute Gasteiger partial charge is 0.421 e. The van der Waals surface area contributed by atoms with E-state index in [4.69, 9.17) is 14.1 Å². The van der Waals surface area contributed by atoms with Crippen LogP contribution >= 0.6 is 11.3 Å². The van der Waals surface area contributed by atoms with E-state index in [9.17, 15) is 18.4 Å². The molecule has 0 aliphatic carbocycles. The summed E-state index contributed by atoms with van der Waals surface area (Å²) in [6, 6.07) is 6.98. The first-order valence-corrected chi connectivity index (χ1v) is 15.8. The summed E-state index contributed by atoms with van der Waals surface area (Å²) >= 11 is 1.25. The number of hydrogen-bond donors (Lipinski definition) is 1. The van der Waals surface area contributed by atoms with Gasteiger partial charge < -0.3 is 19.4 Å². The van der Waals surface area contributed by atoms with Gasteiger partial charge in [-0.2, -0.15) is 0 Å². The molecule has 6 heterocycles. The zero-order chi connectivity index (χ0) is 30.4. The van der Waals surface area contributed by atoms with E-state index >= 15 is 0 Å². The predicted octanol–water partition coefficient (Wildman–Crippen LogP) is 6.03. The first-order valence-electron chi connectivity index (χ1n) is 15.0. The topological polar surface area (TPSA) is 110 Å². The second-order valence-corrected chi connectivity index (χ2v) is 12.7. The lowest BCUT2D eigenvalue weighted by atomic mass is 9.91. The number of fused-ring (bicyclic) bond motifs is 3. The van der Waals surface area contributed by atoms with Crippen molar-refractivity contribution >= 4 is 23.2 Å². The Kier molecular flexibility index (Phi) is 7.71. The number of halogens is 2. The van der Waals surface area contributed by atoms with Crippen molar-refractivity contribution in [2.75, 3.05) is 19.8 Å². The summed E-state index contributed by atoms with van der Waals surface area (Å²) < 4.78 is 38.7. The van der Waals surface area contributed by atoms with Crippen LogP contribution in [0.4, 0.5) is 8.78 Å². The average Bonchev–Trinajstić information content (AvgIpc) is 3.84. The molecular formula is C32H31F2N5O4S. The van der Waals surface area contributed by atoms with Gasteiger partial charge in [-0.15, -0.1) is 21.5 Å². The number of rotatable bonds is 8. The first-order chi connectivity index (χ1) is 21.4. The fourth-order valence-corrected chi connectivity index (χ4v) is 7.47. The van der Waals surface area contributed by atoms with Crippen LogP contribution in [0.3, 0.4) is 0 Å². The van der Waals surface area contributed by atoms with Crippen molar-refractivity contribution in [3.05, 3.63) is 75.2 Å². The van der Waals surface area contributed by atoms with Gasteiger partial charge in [-0.25, -0.2) is 8.78 Å². The van der Waals surface area contributed by atoms with Gasteiger partial charge >= 0.3 is 0 Å². The molecule has 1 unspecified atom stereocenters. The number of hydrogen-bond acceptors (Lipinski definition) is 8. The molecule has 0 spiro atoms. The Hall–Kier alpha value is -4.03. The summed E-state index contributed by atoms with van der Waals surface area (Å²) in [5.74, 6) is -1.25. The van der Waals surface area contributed by atoms with Crippen molar-refractivity contribution in [2.45, 2.75) is 58.0 Å². The minimum atomic E-state index is -0.970. The summed E-state index contributed by atoms with van der Waals surface area (Å²) in [6.07, 6.45) is 5.42. The van der Waals surface area contributed by atoms with Gasteiger partial charge in [0.25, 0.3) is 11.8 Å². The third kappa shape index (κ3) is 5.30. The molecule has 0 bridgehead atoms. The van der Waals surface area contributed by atoms with Crippen LogP contribution in [0.1, 0.15) is 81.0 Å². The molecule has 9 nitrogen and oxygen atoms in total. The molecule has 3 aliphatic rings. The molecule has 228 valence electrons. The van der Waals surface area contributed by atoms with Crippen LogP contribution in [0.15, 0.2) is 34.7 Å².